The Morgan fingerprint density at radius 3 is 2.38 bits per heavy atom. The number of nitrogens with zero attached hydrogens (tertiary/aromatic N) is 1. The highest BCUT2D eigenvalue weighted by atomic mass is 16.3. The van der Waals surface area contributed by atoms with Gasteiger partial charge in [-0.2, -0.15) is 0 Å². The molecule has 2 unspecified atom stereocenters. The first kappa shape index (κ1) is 16.8. The third-order valence-corrected chi connectivity index (χ3v) is 5.72. The van der Waals surface area contributed by atoms with Gasteiger partial charge in [0.1, 0.15) is 0 Å². The lowest BCUT2D eigenvalue weighted by Crippen LogP contribution is -2.46. The van der Waals surface area contributed by atoms with E-state index in [2.05, 4.69) is 6.92 Å². The normalized spacial score (nSPS) is 33.7. The minimum Gasteiger partial charge on any atom is -0.392 e. The molecule has 0 radical (unpaired) electrons. The van der Waals surface area contributed by atoms with E-state index < -0.39 is 6.10 Å². The highest BCUT2D eigenvalue weighted by Gasteiger charge is 2.34. The number of aliphatic hydroxyl groups is 1. The summed E-state index contributed by atoms with van der Waals surface area (Å²) in [6, 6.07) is 0.407. The van der Waals surface area contributed by atoms with Crippen molar-refractivity contribution in [1.82, 2.24) is 4.90 Å². The Balaban J connectivity index is 1.80. The maximum absolute atomic E-state index is 12.6. The van der Waals surface area contributed by atoms with Crippen molar-refractivity contribution in [2.75, 3.05) is 7.05 Å². The van der Waals surface area contributed by atoms with E-state index in [1.165, 1.54) is 32.1 Å². The van der Waals surface area contributed by atoms with E-state index >= 15 is 0 Å². The van der Waals surface area contributed by atoms with Crippen molar-refractivity contribution >= 4 is 5.91 Å². The second-order valence-electron chi connectivity index (χ2n) is 7.22. The third-order valence-electron chi connectivity index (χ3n) is 5.72. The van der Waals surface area contributed by atoms with Crippen molar-refractivity contribution < 1.29 is 9.90 Å². The zero-order valence-electron chi connectivity index (χ0n) is 13.9. The van der Waals surface area contributed by atoms with Crippen molar-refractivity contribution in [3.05, 3.63) is 0 Å². The molecule has 1 N–H and O–H groups in total. The largest absolute Gasteiger partial charge is 0.392 e. The molecule has 21 heavy (non-hydrogen) atoms. The predicted molar refractivity (Wildman–Crippen MR) is 86.0 cm³/mol. The van der Waals surface area contributed by atoms with Crippen molar-refractivity contribution in [3.8, 4) is 0 Å². The lowest BCUT2D eigenvalue weighted by atomic mass is 9.81. The highest BCUT2D eigenvalue weighted by molar-refractivity contribution is 5.79. The van der Waals surface area contributed by atoms with Crippen LogP contribution in [0.3, 0.4) is 0 Å². The molecular formula is C18H33NO2. The minimum absolute atomic E-state index is 0.137. The number of hydrogen-bond donors (Lipinski definition) is 1. The summed E-state index contributed by atoms with van der Waals surface area (Å²) in [7, 11) is 1.96. The molecule has 0 aromatic heterocycles. The Hall–Kier alpha value is -0.570. The molecule has 3 heteroatoms. The Labute approximate surface area is 130 Å². The van der Waals surface area contributed by atoms with Crippen LogP contribution in [-0.4, -0.2) is 35.1 Å². The monoisotopic (exact) mass is 295 g/mol. The van der Waals surface area contributed by atoms with E-state index in [-0.39, 0.29) is 11.8 Å². The molecule has 1 amide bonds. The van der Waals surface area contributed by atoms with E-state index in [0.29, 0.717) is 6.04 Å². The number of amides is 1. The Morgan fingerprint density at radius 2 is 1.76 bits per heavy atom. The Bertz CT molecular complexity index is 323. The maximum Gasteiger partial charge on any atom is 0.228 e. The molecule has 0 heterocycles. The van der Waals surface area contributed by atoms with Crippen LogP contribution in [0.5, 0.6) is 0 Å². The van der Waals surface area contributed by atoms with E-state index in [0.717, 1.165) is 44.4 Å². The van der Waals surface area contributed by atoms with Gasteiger partial charge in [-0.1, -0.05) is 39.0 Å². The second kappa shape index (κ2) is 8.17. The van der Waals surface area contributed by atoms with Crippen LogP contribution in [0.2, 0.25) is 0 Å². The SMILES string of the molecule is CCCCC1CCC(N(C)C(=O)C2CCCCC2O)CC1. The van der Waals surface area contributed by atoms with Gasteiger partial charge in [-0.25, -0.2) is 0 Å². The summed E-state index contributed by atoms with van der Waals surface area (Å²) >= 11 is 0. The van der Waals surface area contributed by atoms with Crippen LogP contribution < -0.4 is 0 Å². The average molecular weight is 295 g/mol. The molecule has 3 nitrogen and oxygen atoms in total. The standard InChI is InChI=1S/C18H33NO2/c1-3-4-7-14-10-12-15(13-11-14)19(2)18(21)16-8-5-6-9-17(16)20/h14-17,20H,3-13H2,1-2H3. The summed E-state index contributed by atoms with van der Waals surface area (Å²) in [4.78, 5) is 14.6. The third kappa shape index (κ3) is 4.45. The van der Waals surface area contributed by atoms with Crippen LogP contribution in [-0.2, 0) is 4.79 Å². The lowest BCUT2D eigenvalue weighted by molar-refractivity contribution is -0.142. The van der Waals surface area contributed by atoms with Crippen LogP contribution in [0.25, 0.3) is 0 Å². The molecule has 0 aliphatic heterocycles. The van der Waals surface area contributed by atoms with Crippen LogP contribution in [0, 0.1) is 11.8 Å². The van der Waals surface area contributed by atoms with E-state index in [1.807, 2.05) is 11.9 Å². The number of aliphatic hydroxyl groups excluding tert-OH is 1. The van der Waals surface area contributed by atoms with Crippen molar-refractivity contribution in [2.24, 2.45) is 11.8 Å². The number of carbonyl (C=O) groups excluding carboxylic acids is 1. The lowest BCUT2D eigenvalue weighted by Gasteiger charge is -2.38. The van der Waals surface area contributed by atoms with Crippen molar-refractivity contribution in [1.29, 1.82) is 0 Å². The van der Waals surface area contributed by atoms with Crippen LogP contribution in [0.1, 0.15) is 77.6 Å². The number of carbonyl (C=O) groups is 1. The highest BCUT2D eigenvalue weighted by Crippen LogP contribution is 2.32. The van der Waals surface area contributed by atoms with E-state index in [1.54, 1.807) is 0 Å². The molecule has 0 spiro atoms. The fraction of sp³-hybridized carbons (Fsp3) is 0.944. The quantitative estimate of drug-likeness (QED) is 0.839. The van der Waals surface area contributed by atoms with Gasteiger partial charge >= 0.3 is 0 Å². The molecule has 2 saturated carbocycles. The first-order valence-electron chi connectivity index (χ1n) is 9.08. The first-order valence-corrected chi connectivity index (χ1v) is 9.08. The topological polar surface area (TPSA) is 40.5 Å². The second-order valence-corrected chi connectivity index (χ2v) is 7.22. The van der Waals surface area contributed by atoms with Gasteiger partial charge in [0.2, 0.25) is 5.91 Å². The predicted octanol–water partition coefficient (Wildman–Crippen LogP) is 3.74. The first-order chi connectivity index (χ1) is 10.1. The van der Waals surface area contributed by atoms with Gasteiger partial charge in [0.15, 0.2) is 0 Å². The van der Waals surface area contributed by atoms with Crippen LogP contribution in [0.4, 0.5) is 0 Å². The minimum atomic E-state index is -0.408. The summed E-state index contributed by atoms with van der Waals surface area (Å²) in [6.45, 7) is 2.26. The smallest absolute Gasteiger partial charge is 0.228 e. The molecule has 0 aromatic carbocycles. The summed E-state index contributed by atoms with van der Waals surface area (Å²) in [5, 5.41) is 10.1. The van der Waals surface area contributed by atoms with Gasteiger partial charge in [-0.05, 0) is 44.4 Å². The molecule has 2 rings (SSSR count). The van der Waals surface area contributed by atoms with Gasteiger partial charge in [-0.3, -0.25) is 4.79 Å². The fourth-order valence-electron chi connectivity index (χ4n) is 4.15. The van der Waals surface area contributed by atoms with Crippen molar-refractivity contribution in [2.45, 2.75) is 89.7 Å². The van der Waals surface area contributed by atoms with Crippen LogP contribution >= 0.6 is 0 Å². The summed E-state index contributed by atoms with van der Waals surface area (Å²) < 4.78 is 0. The molecule has 2 aliphatic rings. The molecule has 122 valence electrons. The number of hydrogen-bond acceptors (Lipinski definition) is 2. The molecule has 0 aromatic rings. The summed E-state index contributed by atoms with van der Waals surface area (Å²) in [6.07, 6.45) is 12.3. The van der Waals surface area contributed by atoms with Gasteiger partial charge in [-0.15, -0.1) is 0 Å². The van der Waals surface area contributed by atoms with Gasteiger partial charge in [0.05, 0.1) is 12.0 Å². The molecule has 2 aliphatic carbocycles. The Kier molecular flexibility index (Phi) is 6.53. The molecule has 0 bridgehead atoms. The van der Waals surface area contributed by atoms with Gasteiger partial charge in [0.25, 0.3) is 0 Å². The van der Waals surface area contributed by atoms with Crippen LogP contribution in [0.15, 0.2) is 0 Å². The van der Waals surface area contributed by atoms with Gasteiger partial charge < -0.3 is 10.0 Å². The van der Waals surface area contributed by atoms with Gasteiger partial charge in [0, 0.05) is 13.1 Å². The number of rotatable bonds is 5. The molecular weight excluding hydrogens is 262 g/mol. The molecule has 2 atom stereocenters. The summed E-state index contributed by atoms with van der Waals surface area (Å²) in [5.74, 6) is 0.936. The Morgan fingerprint density at radius 1 is 1.10 bits per heavy atom. The van der Waals surface area contributed by atoms with Crippen molar-refractivity contribution in [3.63, 3.8) is 0 Å². The molecule has 2 fully saturated rings. The number of unbranched alkanes of at least 4 members (excludes halogenated alkanes) is 1. The zero-order chi connectivity index (χ0) is 15.2. The van der Waals surface area contributed by atoms with E-state index in [4.69, 9.17) is 0 Å². The molecule has 0 saturated heterocycles. The maximum atomic E-state index is 12.6. The summed E-state index contributed by atoms with van der Waals surface area (Å²) in [5.41, 5.74) is 0. The fourth-order valence-corrected chi connectivity index (χ4v) is 4.15. The zero-order valence-corrected chi connectivity index (χ0v) is 13.9. The van der Waals surface area contributed by atoms with E-state index in [9.17, 15) is 9.90 Å². The average Bonchev–Trinajstić information content (AvgIpc) is 2.52.